The van der Waals surface area contributed by atoms with E-state index in [1.807, 2.05) is 0 Å². The highest BCUT2D eigenvalue weighted by Crippen LogP contribution is 2.38. The van der Waals surface area contributed by atoms with Gasteiger partial charge in [0.15, 0.2) is 5.82 Å². The van der Waals surface area contributed by atoms with Crippen molar-refractivity contribution >= 4 is 0 Å². The van der Waals surface area contributed by atoms with Crippen molar-refractivity contribution in [3.63, 3.8) is 0 Å². The first kappa shape index (κ1) is 10.2. The van der Waals surface area contributed by atoms with Crippen LogP contribution in [0.2, 0.25) is 0 Å². The van der Waals surface area contributed by atoms with Crippen LogP contribution in [-0.2, 0) is 11.3 Å². The quantitative estimate of drug-likeness (QED) is 0.769. The van der Waals surface area contributed by atoms with Crippen LogP contribution in [0, 0.1) is 0 Å². The minimum atomic E-state index is 0.305. The van der Waals surface area contributed by atoms with E-state index in [9.17, 15) is 0 Å². The normalized spacial score (nSPS) is 27.2. The summed E-state index contributed by atoms with van der Waals surface area (Å²) in [5.41, 5.74) is 0. The molecule has 1 saturated carbocycles. The molecule has 0 aromatic carbocycles. The van der Waals surface area contributed by atoms with Crippen molar-refractivity contribution in [1.29, 1.82) is 0 Å². The van der Waals surface area contributed by atoms with Crippen LogP contribution >= 0.6 is 0 Å². The van der Waals surface area contributed by atoms with E-state index < -0.39 is 0 Å². The largest absolute Gasteiger partial charge is 0.376 e. The van der Waals surface area contributed by atoms with Crippen molar-refractivity contribution in [3.05, 3.63) is 11.7 Å². The van der Waals surface area contributed by atoms with Crippen molar-refractivity contribution in [2.75, 3.05) is 19.7 Å². The summed E-state index contributed by atoms with van der Waals surface area (Å²) in [7, 11) is 0. The Bertz CT molecular complexity index is 362. The Balaban J connectivity index is 1.59. The summed E-state index contributed by atoms with van der Waals surface area (Å²) in [4.78, 5) is 6.74. The van der Waals surface area contributed by atoms with Gasteiger partial charge in [-0.15, -0.1) is 0 Å². The topological polar surface area (TPSA) is 51.4 Å². The number of hydrogen-bond acceptors (Lipinski definition) is 5. The summed E-state index contributed by atoms with van der Waals surface area (Å²) in [5.74, 6) is 2.22. The molecule has 5 nitrogen and oxygen atoms in total. The summed E-state index contributed by atoms with van der Waals surface area (Å²) in [5, 5.41) is 4.02. The van der Waals surface area contributed by atoms with Crippen LogP contribution < -0.4 is 0 Å². The predicted octanol–water partition coefficient (Wildman–Crippen LogP) is 1.17. The molecule has 2 heterocycles. The fourth-order valence-electron chi connectivity index (χ4n) is 2.07. The Kier molecular flexibility index (Phi) is 2.65. The molecule has 1 aromatic rings. The average Bonchev–Trinajstić information content (AvgIpc) is 3.01. The molecule has 0 spiro atoms. The number of hydrogen-bond donors (Lipinski definition) is 0. The van der Waals surface area contributed by atoms with E-state index in [-0.39, 0.29) is 0 Å². The van der Waals surface area contributed by atoms with E-state index in [1.54, 1.807) is 0 Å². The molecule has 1 aliphatic heterocycles. The highest BCUT2D eigenvalue weighted by molar-refractivity contribution is 5.03. The molecular formula is C11H17N3O2. The van der Waals surface area contributed by atoms with Gasteiger partial charge in [0.25, 0.3) is 0 Å². The molecule has 88 valence electrons. The Morgan fingerprint density at radius 3 is 3.06 bits per heavy atom. The molecule has 5 heteroatoms. The first-order valence-electron chi connectivity index (χ1n) is 5.97. The van der Waals surface area contributed by atoms with Crippen LogP contribution in [0.15, 0.2) is 4.52 Å². The van der Waals surface area contributed by atoms with Gasteiger partial charge in [-0.25, -0.2) is 0 Å². The zero-order chi connectivity index (χ0) is 11.0. The summed E-state index contributed by atoms with van der Waals surface area (Å²) < 4.78 is 10.8. The molecule has 1 aliphatic carbocycles. The van der Waals surface area contributed by atoms with Gasteiger partial charge in [-0.1, -0.05) is 5.16 Å². The summed E-state index contributed by atoms with van der Waals surface area (Å²) in [6.07, 6.45) is 2.74. The second-order valence-corrected chi connectivity index (χ2v) is 4.74. The van der Waals surface area contributed by atoms with Crippen LogP contribution in [0.25, 0.3) is 0 Å². The lowest BCUT2D eigenvalue weighted by atomic mass is 10.3. The summed E-state index contributed by atoms with van der Waals surface area (Å²) >= 11 is 0. The van der Waals surface area contributed by atoms with Crippen molar-refractivity contribution in [2.45, 2.75) is 38.3 Å². The van der Waals surface area contributed by atoms with Crippen LogP contribution in [0.4, 0.5) is 0 Å². The van der Waals surface area contributed by atoms with Gasteiger partial charge in [0.05, 0.1) is 19.3 Å². The molecule has 0 N–H and O–H groups in total. The maximum atomic E-state index is 5.49. The first-order chi connectivity index (χ1) is 7.81. The zero-order valence-corrected chi connectivity index (χ0v) is 9.56. The van der Waals surface area contributed by atoms with Gasteiger partial charge in [0.2, 0.25) is 5.89 Å². The lowest BCUT2D eigenvalue weighted by Gasteiger charge is -2.29. The Morgan fingerprint density at radius 1 is 1.44 bits per heavy atom. The van der Waals surface area contributed by atoms with Gasteiger partial charge < -0.3 is 9.26 Å². The van der Waals surface area contributed by atoms with Crippen molar-refractivity contribution in [2.24, 2.45) is 0 Å². The van der Waals surface area contributed by atoms with E-state index >= 15 is 0 Å². The molecule has 2 aliphatic rings. The molecular weight excluding hydrogens is 206 g/mol. The Morgan fingerprint density at radius 2 is 2.31 bits per heavy atom. The number of aromatic nitrogens is 2. The Labute approximate surface area is 94.8 Å². The van der Waals surface area contributed by atoms with Gasteiger partial charge in [0.1, 0.15) is 0 Å². The maximum Gasteiger partial charge on any atom is 0.240 e. The predicted molar refractivity (Wildman–Crippen MR) is 57.0 cm³/mol. The Hall–Kier alpha value is -0.940. The van der Waals surface area contributed by atoms with E-state index in [2.05, 4.69) is 22.0 Å². The second kappa shape index (κ2) is 4.14. The monoisotopic (exact) mass is 223 g/mol. The highest BCUT2D eigenvalue weighted by atomic mass is 16.5. The molecule has 2 fully saturated rings. The molecule has 1 saturated heterocycles. The molecule has 0 radical (unpaired) electrons. The molecule has 0 unspecified atom stereocenters. The van der Waals surface area contributed by atoms with Crippen molar-refractivity contribution < 1.29 is 9.26 Å². The highest BCUT2D eigenvalue weighted by Gasteiger charge is 2.29. The van der Waals surface area contributed by atoms with E-state index in [1.165, 1.54) is 12.8 Å². The molecule has 1 aromatic heterocycles. The third kappa shape index (κ3) is 2.25. The molecule has 0 amide bonds. The second-order valence-electron chi connectivity index (χ2n) is 4.74. The summed E-state index contributed by atoms with van der Waals surface area (Å²) in [6.45, 7) is 5.54. The first-order valence-corrected chi connectivity index (χ1v) is 5.97. The van der Waals surface area contributed by atoms with Crippen LogP contribution in [0.5, 0.6) is 0 Å². The van der Waals surface area contributed by atoms with E-state index in [4.69, 9.17) is 9.26 Å². The van der Waals surface area contributed by atoms with Crippen molar-refractivity contribution in [3.8, 4) is 0 Å². The van der Waals surface area contributed by atoms with Crippen LogP contribution in [0.1, 0.15) is 37.4 Å². The lowest BCUT2D eigenvalue weighted by Crippen LogP contribution is -2.40. The SMILES string of the molecule is C[C@H]1CN(Cc2nc(C3CC3)no2)CCO1. The number of morpholine rings is 1. The van der Waals surface area contributed by atoms with Crippen LogP contribution in [0.3, 0.4) is 0 Å². The molecule has 0 bridgehead atoms. The molecule has 16 heavy (non-hydrogen) atoms. The van der Waals surface area contributed by atoms with Gasteiger partial charge in [0, 0.05) is 19.0 Å². The molecule has 3 rings (SSSR count). The standard InChI is InChI=1S/C11H17N3O2/c1-8-6-14(4-5-15-8)7-10-12-11(13-16-10)9-2-3-9/h8-9H,2-7H2,1H3/t8-/m0/s1. The van der Waals surface area contributed by atoms with Gasteiger partial charge in [-0.05, 0) is 19.8 Å². The lowest BCUT2D eigenvalue weighted by molar-refractivity contribution is -0.0240. The zero-order valence-electron chi connectivity index (χ0n) is 9.56. The minimum absolute atomic E-state index is 0.305. The van der Waals surface area contributed by atoms with Gasteiger partial charge in [-0.2, -0.15) is 4.98 Å². The number of ether oxygens (including phenoxy) is 1. The van der Waals surface area contributed by atoms with Crippen molar-refractivity contribution in [1.82, 2.24) is 15.0 Å². The minimum Gasteiger partial charge on any atom is -0.376 e. The third-order valence-corrected chi connectivity index (χ3v) is 3.11. The maximum absolute atomic E-state index is 5.49. The summed E-state index contributed by atoms with van der Waals surface area (Å²) in [6, 6.07) is 0. The fourth-order valence-corrected chi connectivity index (χ4v) is 2.07. The smallest absolute Gasteiger partial charge is 0.240 e. The van der Waals surface area contributed by atoms with Crippen LogP contribution in [-0.4, -0.2) is 40.8 Å². The van der Waals surface area contributed by atoms with E-state index in [0.29, 0.717) is 12.0 Å². The number of nitrogens with zero attached hydrogens (tertiary/aromatic N) is 3. The number of rotatable bonds is 3. The van der Waals surface area contributed by atoms with E-state index in [0.717, 1.165) is 38.0 Å². The molecule has 1 atom stereocenters. The van der Waals surface area contributed by atoms with Gasteiger partial charge in [-0.3, -0.25) is 4.90 Å². The van der Waals surface area contributed by atoms with Gasteiger partial charge >= 0.3 is 0 Å². The average molecular weight is 223 g/mol. The fraction of sp³-hybridized carbons (Fsp3) is 0.818. The third-order valence-electron chi connectivity index (χ3n) is 3.11.